The molecule has 152 valence electrons. The number of hydrogen-bond acceptors (Lipinski definition) is 7. The summed E-state index contributed by atoms with van der Waals surface area (Å²) in [7, 11) is -11.9. The standard InChI is InChI=1S/C8H8O3S.C2H5ClO3S.C2H6O4S/c9-12(10,11)7-6-8-4-2-1-3-5-8;1-2(3)7(4,5)6;3-1-2-7(4,5)6/h1-7H,(H,9,10,11);2H,1H3,(H,4,5,6);3H,1-2H2,(H,4,5,6). The quantitative estimate of drug-likeness (QED) is 0.367. The van der Waals surface area contributed by atoms with Crippen LogP contribution in [0.15, 0.2) is 35.7 Å². The van der Waals surface area contributed by atoms with E-state index in [1.54, 1.807) is 24.3 Å². The number of halogens is 1. The number of aliphatic hydroxyl groups excluding tert-OH is 1. The van der Waals surface area contributed by atoms with E-state index in [4.69, 9.17) is 30.4 Å². The summed E-state index contributed by atoms with van der Waals surface area (Å²) in [5.41, 5.74) is 0.732. The molecule has 0 heterocycles. The molecule has 0 aliphatic rings. The first-order chi connectivity index (χ1) is 11.6. The number of benzene rings is 1. The molecule has 0 saturated carbocycles. The Labute approximate surface area is 157 Å². The van der Waals surface area contributed by atoms with Crippen molar-refractivity contribution in [2.24, 2.45) is 0 Å². The van der Waals surface area contributed by atoms with Gasteiger partial charge in [0.05, 0.1) is 17.8 Å². The van der Waals surface area contributed by atoms with Crippen LogP contribution in [0.1, 0.15) is 12.5 Å². The average molecular weight is 455 g/mol. The van der Waals surface area contributed by atoms with Crippen LogP contribution in [0.5, 0.6) is 0 Å². The minimum Gasteiger partial charge on any atom is -0.395 e. The van der Waals surface area contributed by atoms with E-state index in [-0.39, 0.29) is 0 Å². The van der Waals surface area contributed by atoms with Crippen LogP contribution in [0.3, 0.4) is 0 Å². The molecule has 10 nitrogen and oxygen atoms in total. The van der Waals surface area contributed by atoms with Gasteiger partial charge in [0.25, 0.3) is 30.4 Å². The van der Waals surface area contributed by atoms with Gasteiger partial charge in [0.15, 0.2) is 4.71 Å². The van der Waals surface area contributed by atoms with Gasteiger partial charge in [-0.3, -0.25) is 13.7 Å². The first-order valence-corrected chi connectivity index (χ1v) is 11.5. The topological polar surface area (TPSA) is 183 Å². The van der Waals surface area contributed by atoms with Gasteiger partial charge in [-0.1, -0.05) is 30.3 Å². The Hall–Kier alpha value is -1.06. The van der Waals surface area contributed by atoms with E-state index in [1.165, 1.54) is 13.0 Å². The van der Waals surface area contributed by atoms with Crippen molar-refractivity contribution in [2.45, 2.75) is 11.6 Å². The lowest BCUT2D eigenvalue weighted by atomic mass is 10.2. The van der Waals surface area contributed by atoms with Gasteiger partial charge in [0.2, 0.25) is 0 Å². The minimum atomic E-state index is -4.00. The normalized spacial score (nSPS) is 13.2. The molecule has 0 aromatic heterocycles. The highest BCUT2D eigenvalue weighted by Gasteiger charge is 2.11. The summed E-state index contributed by atoms with van der Waals surface area (Å²) in [4.78, 5) is 0. The molecular weight excluding hydrogens is 436 g/mol. The second kappa shape index (κ2) is 12.3. The van der Waals surface area contributed by atoms with Gasteiger partial charge in [0, 0.05) is 0 Å². The smallest absolute Gasteiger partial charge is 0.287 e. The number of aliphatic hydroxyl groups is 1. The maximum absolute atomic E-state index is 10.3. The van der Waals surface area contributed by atoms with Crippen molar-refractivity contribution in [3.8, 4) is 0 Å². The lowest BCUT2D eigenvalue weighted by molar-refractivity contribution is 0.315. The third kappa shape index (κ3) is 21.0. The molecule has 0 saturated heterocycles. The van der Waals surface area contributed by atoms with Gasteiger partial charge in [-0.05, 0) is 18.6 Å². The van der Waals surface area contributed by atoms with Crippen LogP contribution in [0.2, 0.25) is 0 Å². The Kier molecular flexibility index (Phi) is 12.9. The second-order valence-corrected chi connectivity index (χ2v) is 9.82. The van der Waals surface area contributed by atoms with Gasteiger partial charge in [-0.15, -0.1) is 11.6 Å². The molecule has 1 aromatic rings. The third-order valence-electron chi connectivity index (χ3n) is 1.99. The highest BCUT2D eigenvalue weighted by atomic mass is 35.5. The molecule has 4 N–H and O–H groups in total. The summed E-state index contributed by atoms with van der Waals surface area (Å²) >= 11 is 4.92. The number of hydrogen-bond donors (Lipinski definition) is 4. The number of alkyl halides is 1. The Bertz CT molecular complexity index is 844. The summed E-state index contributed by atoms with van der Waals surface area (Å²) in [6.45, 7) is 0.649. The predicted octanol–water partition coefficient (Wildman–Crippen LogP) is 0.871. The first-order valence-electron chi connectivity index (χ1n) is 6.45. The van der Waals surface area contributed by atoms with Crippen LogP contribution in [0.25, 0.3) is 6.08 Å². The molecule has 26 heavy (non-hydrogen) atoms. The maximum atomic E-state index is 10.3. The second-order valence-electron chi connectivity index (χ2n) is 4.30. The van der Waals surface area contributed by atoms with Crippen molar-refractivity contribution < 1.29 is 44.0 Å². The molecule has 1 rings (SSSR count). The van der Waals surface area contributed by atoms with Crippen molar-refractivity contribution >= 4 is 48.0 Å². The molecule has 1 atom stereocenters. The predicted molar refractivity (Wildman–Crippen MR) is 97.4 cm³/mol. The Morgan fingerprint density at radius 1 is 1.00 bits per heavy atom. The first kappa shape index (κ1) is 27.2. The Morgan fingerprint density at radius 3 is 1.65 bits per heavy atom. The fourth-order valence-corrected chi connectivity index (χ4v) is 1.40. The van der Waals surface area contributed by atoms with Crippen LogP contribution in [0, 0.1) is 0 Å². The molecule has 0 aliphatic carbocycles. The molecule has 1 unspecified atom stereocenters. The minimum absolute atomic E-state index is 0.529. The van der Waals surface area contributed by atoms with Crippen LogP contribution >= 0.6 is 11.6 Å². The molecule has 0 fully saturated rings. The summed E-state index contributed by atoms with van der Waals surface area (Å²) < 4.78 is 82.2. The molecule has 0 spiro atoms. The summed E-state index contributed by atoms with van der Waals surface area (Å²) in [5, 5.41) is 8.62. The van der Waals surface area contributed by atoms with Gasteiger partial charge < -0.3 is 5.11 Å². The highest BCUT2D eigenvalue weighted by Crippen LogP contribution is 2.02. The zero-order valence-electron chi connectivity index (χ0n) is 13.4. The fourth-order valence-electron chi connectivity index (χ4n) is 0.844. The van der Waals surface area contributed by atoms with Crippen molar-refractivity contribution in [1.82, 2.24) is 0 Å². The van der Waals surface area contributed by atoms with Crippen molar-refractivity contribution in [1.29, 1.82) is 0 Å². The SMILES string of the molecule is CC(Cl)S(=O)(=O)O.O=S(=O)(O)C=Cc1ccccc1.O=S(=O)(O)CCO. The van der Waals surface area contributed by atoms with Crippen LogP contribution in [-0.2, 0) is 30.4 Å². The fraction of sp³-hybridized carbons (Fsp3) is 0.333. The highest BCUT2D eigenvalue weighted by molar-refractivity contribution is 7.89. The van der Waals surface area contributed by atoms with E-state index in [1.807, 2.05) is 6.07 Å². The van der Waals surface area contributed by atoms with Crippen LogP contribution in [-0.4, -0.2) is 61.1 Å². The van der Waals surface area contributed by atoms with E-state index in [0.29, 0.717) is 0 Å². The lowest BCUT2D eigenvalue weighted by Crippen LogP contribution is -2.08. The summed E-state index contributed by atoms with van der Waals surface area (Å²) in [6.07, 6.45) is 1.33. The molecule has 1 aromatic carbocycles. The van der Waals surface area contributed by atoms with Crippen LogP contribution < -0.4 is 0 Å². The van der Waals surface area contributed by atoms with E-state index in [9.17, 15) is 25.3 Å². The molecule has 0 bridgehead atoms. The summed E-state index contributed by atoms with van der Waals surface area (Å²) in [5.74, 6) is -0.576. The van der Waals surface area contributed by atoms with Crippen LogP contribution in [0.4, 0.5) is 0 Å². The zero-order chi connectivity index (χ0) is 21.0. The third-order valence-corrected chi connectivity index (χ3v) is 4.67. The largest absolute Gasteiger partial charge is 0.395 e. The molecule has 0 amide bonds. The van der Waals surface area contributed by atoms with Gasteiger partial charge in [-0.25, -0.2) is 0 Å². The van der Waals surface area contributed by atoms with E-state index >= 15 is 0 Å². The van der Waals surface area contributed by atoms with Gasteiger partial charge in [0.1, 0.15) is 0 Å². The van der Waals surface area contributed by atoms with Crippen molar-refractivity contribution in [2.75, 3.05) is 12.4 Å². The monoisotopic (exact) mass is 454 g/mol. The average Bonchev–Trinajstić information content (AvgIpc) is 2.44. The van der Waals surface area contributed by atoms with Gasteiger partial charge >= 0.3 is 0 Å². The molecule has 0 radical (unpaired) electrons. The lowest BCUT2D eigenvalue weighted by Gasteiger charge is -1.92. The molecular formula is C12H19ClO10S3. The Morgan fingerprint density at radius 2 is 1.42 bits per heavy atom. The van der Waals surface area contributed by atoms with Crippen molar-refractivity contribution in [3.63, 3.8) is 0 Å². The molecule has 14 heteroatoms. The van der Waals surface area contributed by atoms with E-state index in [0.717, 1.165) is 11.0 Å². The van der Waals surface area contributed by atoms with E-state index in [2.05, 4.69) is 0 Å². The zero-order valence-corrected chi connectivity index (χ0v) is 16.6. The summed E-state index contributed by atoms with van der Waals surface area (Å²) in [6, 6.07) is 8.86. The van der Waals surface area contributed by atoms with E-state index < -0.39 is 47.4 Å². The van der Waals surface area contributed by atoms with Gasteiger partial charge in [-0.2, -0.15) is 25.3 Å². The molecule has 0 aliphatic heterocycles. The Balaban J connectivity index is 0. The number of rotatable bonds is 5. The van der Waals surface area contributed by atoms with Crippen molar-refractivity contribution in [3.05, 3.63) is 41.3 Å². The maximum Gasteiger partial charge on any atom is 0.287 e.